The fraction of sp³-hybridized carbons (Fsp3) is 0.692. The maximum Gasteiger partial charge on any atom is 0.126 e. The van der Waals surface area contributed by atoms with Crippen molar-refractivity contribution in [1.29, 1.82) is 0 Å². The van der Waals surface area contributed by atoms with Crippen LogP contribution in [0.2, 0.25) is 0 Å². The van der Waals surface area contributed by atoms with Crippen LogP contribution in [0.1, 0.15) is 88.7 Å². The SMILES string of the molecule is CCCCc1ccc(CCC2CCC(C3CCC(C=CBr)CC3)CC2)cc1F. The average Bonchev–Trinajstić information content (AvgIpc) is 2.73. The molecule has 2 heteroatoms. The van der Waals surface area contributed by atoms with Gasteiger partial charge in [0.25, 0.3) is 0 Å². The van der Waals surface area contributed by atoms with Crippen molar-refractivity contribution in [2.45, 2.75) is 90.4 Å². The molecule has 0 saturated heterocycles. The van der Waals surface area contributed by atoms with Crippen molar-refractivity contribution in [2.24, 2.45) is 23.7 Å². The zero-order chi connectivity index (χ0) is 19.8. The molecule has 0 bridgehead atoms. The first-order valence-corrected chi connectivity index (χ1v) is 12.6. The summed E-state index contributed by atoms with van der Waals surface area (Å²) < 4.78 is 14.3. The monoisotopic (exact) mass is 448 g/mol. The quantitative estimate of drug-likeness (QED) is 0.373. The van der Waals surface area contributed by atoms with Crippen molar-refractivity contribution in [2.75, 3.05) is 0 Å². The van der Waals surface area contributed by atoms with E-state index in [0.29, 0.717) is 0 Å². The summed E-state index contributed by atoms with van der Waals surface area (Å²) in [7, 11) is 0. The minimum Gasteiger partial charge on any atom is -0.207 e. The molecule has 0 radical (unpaired) electrons. The van der Waals surface area contributed by atoms with Crippen molar-refractivity contribution in [1.82, 2.24) is 0 Å². The largest absolute Gasteiger partial charge is 0.207 e. The second-order valence-corrected chi connectivity index (χ2v) is 9.87. The molecule has 0 N–H and O–H groups in total. The zero-order valence-corrected chi connectivity index (χ0v) is 19.2. The summed E-state index contributed by atoms with van der Waals surface area (Å²) in [5.41, 5.74) is 2.09. The summed E-state index contributed by atoms with van der Waals surface area (Å²) in [4.78, 5) is 2.05. The van der Waals surface area contributed by atoms with Gasteiger partial charge in [0.1, 0.15) is 5.82 Å². The highest BCUT2D eigenvalue weighted by Crippen LogP contribution is 2.42. The maximum atomic E-state index is 14.3. The highest BCUT2D eigenvalue weighted by Gasteiger charge is 2.30. The molecular weight excluding hydrogens is 411 g/mol. The number of halogens is 2. The van der Waals surface area contributed by atoms with Crippen LogP contribution in [0.25, 0.3) is 0 Å². The highest BCUT2D eigenvalue weighted by atomic mass is 79.9. The number of hydrogen-bond acceptors (Lipinski definition) is 0. The van der Waals surface area contributed by atoms with Crippen LogP contribution in [0, 0.1) is 29.5 Å². The average molecular weight is 449 g/mol. The molecule has 156 valence electrons. The summed E-state index contributed by atoms with van der Waals surface area (Å²) in [6.07, 6.45) is 19.0. The van der Waals surface area contributed by atoms with Gasteiger partial charge < -0.3 is 0 Å². The number of rotatable bonds is 8. The van der Waals surface area contributed by atoms with Gasteiger partial charge in [0.05, 0.1) is 0 Å². The van der Waals surface area contributed by atoms with E-state index in [1.807, 2.05) is 11.1 Å². The minimum atomic E-state index is 0.0139. The third kappa shape index (κ3) is 6.44. The predicted octanol–water partition coefficient (Wildman–Crippen LogP) is 8.62. The van der Waals surface area contributed by atoms with Gasteiger partial charge in [0.2, 0.25) is 0 Å². The lowest BCUT2D eigenvalue weighted by atomic mass is 9.68. The minimum absolute atomic E-state index is 0.0139. The van der Waals surface area contributed by atoms with E-state index < -0.39 is 0 Å². The van der Waals surface area contributed by atoms with Crippen LogP contribution in [0.5, 0.6) is 0 Å². The fourth-order valence-corrected chi connectivity index (χ4v) is 5.98. The van der Waals surface area contributed by atoms with Crippen molar-refractivity contribution in [3.63, 3.8) is 0 Å². The Morgan fingerprint density at radius 2 is 1.64 bits per heavy atom. The van der Waals surface area contributed by atoms with E-state index >= 15 is 0 Å². The van der Waals surface area contributed by atoms with E-state index in [0.717, 1.165) is 54.9 Å². The van der Waals surface area contributed by atoms with Crippen LogP contribution in [0.3, 0.4) is 0 Å². The first-order chi connectivity index (χ1) is 13.7. The van der Waals surface area contributed by atoms with Gasteiger partial charge in [-0.2, -0.15) is 0 Å². The summed E-state index contributed by atoms with van der Waals surface area (Å²) in [6.45, 7) is 2.16. The second-order valence-electron chi connectivity index (χ2n) is 9.34. The Morgan fingerprint density at radius 3 is 2.25 bits per heavy atom. The molecule has 0 aliphatic heterocycles. The fourth-order valence-electron chi connectivity index (χ4n) is 5.55. The number of unbranched alkanes of at least 4 members (excludes halogenated alkanes) is 1. The topological polar surface area (TPSA) is 0 Å². The number of allylic oxidation sites excluding steroid dienone is 1. The Bertz CT molecular complexity index is 607. The molecule has 2 saturated carbocycles. The Morgan fingerprint density at radius 1 is 0.964 bits per heavy atom. The highest BCUT2D eigenvalue weighted by molar-refractivity contribution is 9.11. The Hall–Kier alpha value is -0.630. The number of aryl methyl sites for hydroxylation is 2. The first kappa shape index (κ1) is 22.1. The van der Waals surface area contributed by atoms with Gasteiger partial charge in [0, 0.05) is 0 Å². The lowest BCUT2D eigenvalue weighted by Crippen LogP contribution is -2.25. The molecule has 2 fully saturated rings. The van der Waals surface area contributed by atoms with E-state index in [4.69, 9.17) is 0 Å². The predicted molar refractivity (Wildman–Crippen MR) is 122 cm³/mol. The molecule has 2 aliphatic rings. The smallest absolute Gasteiger partial charge is 0.126 e. The van der Waals surface area contributed by atoms with Gasteiger partial charge in [0.15, 0.2) is 0 Å². The standard InChI is InChI=1S/C26H38BrF/c1-2-3-4-25-16-11-22(19-26(25)28)6-5-20-7-12-23(13-8-20)24-14-9-21(10-15-24)17-18-27/h11,16-21,23-24H,2-10,12-15H2,1H3. The molecule has 0 unspecified atom stereocenters. The summed E-state index contributed by atoms with van der Waals surface area (Å²) in [5, 5.41) is 0. The molecule has 3 rings (SSSR count). The molecule has 1 aromatic carbocycles. The van der Waals surface area contributed by atoms with E-state index in [1.54, 1.807) is 6.07 Å². The molecule has 1 aromatic rings. The molecule has 0 nitrogen and oxygen atoms in total. The van der Waals surface area contributed by atoms with Crippen LogP contribution < -0.4 is 0 Å². The van der Waals surface area contributed by atoms with Crippen molar-refractivity contribution in [3.8, 4) is 0 Å². The Labute approximate surface area is 180 Å². The lowest BCUT2D eigenvalue weighted by molar-refractivity contribution is 0.153. The lowest BCUT2D eigenvalue weighted by Gasteiger charge is -2.37. The molecule has 0 spiro atoms. The van der Waals surface area contributed by atoms with Gasteiger partial charge in [-0.25, -0.2) is 4.39 Å². The third-order valence-electron chi connectivity index (χ3n) is 7.48. The van der Waals surface area contributed by atoms with Gasteiger partial charge >= 0.3 is 0 Å². The molecule has 0 aromatic heterocycles. The van der Waals surface area contributed by atoms with Crippen LogP contribution >= 0.6 is 15.9 Å². The Kier molecular flexibility index (Phi) is 9.08. The van der Waals surface area contributed by atoms with Gasteiger partial charge in [-0.15, -0.1) is 0 Å². The van der Waals surface area contributed by atoms with Crippen LogP contribution in [0.15, 0.2) is 29.3 Å². The van der Waals surface area contributed by atoms with E-state index in [-0.39, 0.29) is 5.82 Å². The number of benzene rings is 1. The molecule has 28 heavy (non-hydrogen) atoms. The summed E-state index contributed by atoms with van der Waals surface area (Å²) in [6, 6.07) is 5.99. The van der Waals surface area contributed by atoms with E-state index in [1.165, 1.54) is 63.4 Å². The van der Waals surface area contributed by atoms with Gasteiger partial charge in [-0.3, -0.25) is 0 Å². The van der Waals surface area contributed by atoms with E-state index in [9.17, 15) is 4.39 Å². The molecule has 0 atom stereocenters. The normalized spacial score (nSPS) is 28.7. The first-order valence-electron chi connectivity index (χ1n) is 11.7. The molecule has 0 amide bonds. The van der Waals surface area contributed by atoms with Crippen molar-refractivity contribution in [3.05, 3.63) is 46.2 Å². The maximum absolute atomic E-state index is 14.3. The zero-order valence-electron chi connectivity index (χ0n) is 17.6. The van der Waals surface area contributed by atoms with Gasteiger partial charge in [-0.1, -0.05) is 60.3 Å². The summed E-state index contributed by atoms with van der Waals surface area (Å²) in [5.74, 6) is 3.62. The molecule has 2 aliphatic carbocycles. The van der Waals surface area contributed by atoms with E-state index in [2.05, 4.69) is 35.0 Å². The third-order valence-corrected chi connectivity index (χ3v) is 7.78. The van der Waals surface area contributed by atoms with Crippen molar-refractivity contribution < 1.29 is 4.39 Å². The van der Waals surface area contributed by atoms with Crippen LogP contribution in [0.4, 0.5) is 4.39 Å². The van der Waals surface area contributed by atoms with Crippen LogP contribution in [-0.4, -0.2) is 0 Å². The Balaban J connectivity index is 1.38. The molecule has 0 heterocycles. The van der Waals surface area contributed by atoms with Crippen LogP contribution in [-0.2, 0) is 12.8 Å². The van der Waals surface area contributed by atoms with Crippen molar-refractivity contribution >= 4 is 15.9 Å². The van der Waals surface area contributed by atoms with Gasteiger partial charge in [-0.05, 0) is 110 Å². The summed E-state index contributed by atoms with van der Waals surface area (Å²) >= 11 is 3.43. The molecular formula is C26H38BrF. The number of hydrogen-bond donors (Lipinski definition) is 0. The second kappa shape index (κ2) is 11.5.